The van der Waals surface area contributed by atoms with Crippen LogP contribution in [0.4, 0.5) is 18.9 Å². The lowest BCUT2D eigenvalue weighted by atomic mass is 9.99. The van der Waals surface area contributed by atoms with Crippen LogP contribution >= 0.6 is 0 Å². The molecule has 0 N–H and O–H groups in total. The zero-order valence-corrected chi connectivity index (χ0v) is 16.5. The van der Waals surface area contributed by atoms with Crippen molar-refractivity contribution in [1.82, 2.24) is 0 Å². The molecule has 0 saturated heterocycles. The van der Waals surface area contributed by atoms with Crippen LogP contribution in [-0.2, 0) is 12.6 Å². The first-order valence-corrected chi connectivity index (χ1v) is 9.30. The second-order valence-corrected chi connectivity index (χ2v) is 6.99. The minimum atomic E-state index is -4.48. The monoisotopic (exact) mass is 411 g/mol. The van der Waals surface area contributed by atoms with E-state index in [0.717, 1.165) is 17.7 Å². The first kappa shape index (κ1) is 21.3. The molecule has 0 saturated carbocycles. The summed E-state index contributed by atoms with van der Waals surface area (Å²) in [4.78, 5) is 27.2. The Morgan fingerprint density at radius 2 is 1.50 bits per heavy atom. The van der Waals surface area contributed by atoms with E-state index in [-0.39, 0.29) is 29.2 Å². The molecule has 0 aliphatic heterocycles. The highest BCUT2D eigenvalue weighted by Crippen LogP contribution is 2.30. The standard InChI is InChI=1S/C24H20F3NO2/c1-16-8-3-4-11-19(16)23(30)28(2)21-13-6-5-12-20(21)22(29)15-17-9-7-10-18(14-17)24(25,26)27/h3-14H,15H2,1-2H3. The molecule has 0 aliphatic carbocycles. The fourth-order valence-electron chi connectivity index (χ4n) is 3.24. The fourth-order valence-corrected chi connectivity index (χ4v) is 3.24. The molecule has 0 aromatic heterocycles. The molecule has 0 heterocycles. The van der Waals surface area contributed by atoms with E-state index in [0.29, 0.717) is 11.3 Å². The quantitative estimate of drug-likeness (QED) is 0.504. The van der Waals surface area contributed by atoms with Crippen molar-refractivity contribution in [2.75, 3.05) is 11.9 Å². The lowest BCUT2D eigenvalue weighted by molar-refractivity contribution is -0.137. The minimum Gasteiger partial charge on any atom is -0.311 e. The number of para-hydroxylation sites is 1. The number of carbonyl (C=O) groups excluding carboxylic acids is 2. The predicted molar refractivity (Wildman–Crippen MR) is 110 cm³/mol. The van der Waals surface area contributed by atoms with Gasteiger partial charge in [-0.25, -0.2) is 0 Å². The van der Waals surface area contributed by atoms with E-state index in [1.54, 1.807) is 43.4 Å². The first-order valence-electron chi connectivity index (χ1n) is 9.30. The topological polar surface area (TPSA) is 37.4 Å². The SMILES string of the molecule is Cc1ccccc1C(=O)N(C)c1ccccc1C(=O)Cc1cccc(C(F)(F)F)c1. The van der Waals surface area contributed by atoms with E-state index in [9.17, 15) is 22.8 Å². The second-order valence-electron chi connectivity index (χ2n) is 6.99. The number of ketones is 1. The van der Waals surface area contributed by atoms with E-state index in [1.165, 1.54) is 17.0 Å². The highest BCUT2D eigenvalue weighted by Gasteiger charge is 2.30. The summed E-state index contributed by atoms with van der Waals surface area (Å²) in [5.74, 6) is -0.637. The van der Waals surface area contributed by atoms with Crippen molar-refractivity contribution in [2.24, 2.45) is 0 Å². The van der Waals surface area contributed by atoms with Crippen LogP contribution < -0.4 is 4.90 Å². The van der Waals surface area contributed by atoms with Crippen LogP contribution in [0.1, 0.15) is 37.4 Å². The zero-order valence-electron chi connectivity index (χ0n) is 16.5. The summed E-state index contributed by atoms with van der Waals surface area (Å²) < 4.78 is 38.9. The van der Waals surface area contributed by atoms with Crippen LogP contribution in [0.5, 0.6) is 0 Å². The van der Waals surface area contributed by atoms with Crippen molar-refractivity contribution >= 4 is 17.4 Å². The van der Waals surface area contributed by atoms with Gasteiger partial charge in [0.2, 0.25) is 0 Å². The second kappa shape index (κ2) is 8.53. The number of halogens is 3. The number of benzene rings is 3. The lowest BCUT2D eigenvalue weighted by Gasteiger charge is -2.21. The molecular formula is C24H20F3NO2. The van der Waals surface area contributed by atoms with Gasteiger partial charge in [-0.15, -0.1) is 0 Å². The molecule has 0 bridgehead atoms. The normalized spacial score (nSPS) is 11.2. The van der Waals surface area contributed by atoms with Gasteiger partial charge in [0.15, 0.2) is 5.78 Å². The average Bonchev–Trinajstić information content (AvgIpc) is 2.72. The number of hydrogen-bond donors (Lipinski definition) is 0. The highest BCUT2D eigenvalue weighted by atomic mass is 19.4. The van der Waals surface area contributed by atoms with E-state index in [4.69, 9.17) is 0 Å². The fraction of sp³-hybridized carbons (Fsp3) is 0.167. The molecular weight excluding hydrogens is 391 g/mol. The summed E-state index contributed by atoms with van der Waals surface area (Å²) in [7, 11) is 1.57. The van der Waals surface area contributed by atoms with Crippen molar-refractivity contribution in [1.29, 1.82) is 0 Å². The maximum atomic E-state index is 13.0. The third-order valence-electron chi connectivity index (χ3n) is 4.86. The summed E-state index contributed by atoms with van der Waals surface area (Å²) in [6, 6.07) is 18.4. The Hall–Kier alpha value is -3.41. The number of rotatable bonds is 5. The van der Waals surface area contributed by atoms with Gasteiger partial charge in [-0.05, 0) is 42.3 Å². The van der Waals surface area contributed by atoms with Crippen LogP contribution in [0, 0.1) is 6.92 Å². The average molecular weight is 411 g/mol. The van der Waals surface area contributed by atoms with Crippen LogP contribution in [0.2, 0.25) is 0 Å². The Morgan fingerprint density at radius 1 is 0.867 bits per heavy atom. The molecule has 0 unspecified atom stereocenters. The highest BCUT2D eigenvalue weighted by molar-refractivity contribution is 6.11. The van der Waals surface area contributed by atoms with Crippen molar-refractivity contribution in [2.45, 2.75) is 19.5 Å². The molecule has 0 radical (unpaired) electrons. The Labute approximate surface area is 172 Å². The Bertz CT molecular complexity index is 1090. The number of aryl methyl sites for hydroxylation is 1. The number of alkyl halides is 3. The number of amides is 1. The van der Waals surface area contributed by atoms with Gasteiger partial charge in [0.1, 0.15) is 0 Å². The number of anilines is 1. The first-order chi connectivity index (χ1) is 14.2. The van der Waals surface area contributed by atoms with E-state index < -0.39 is 11.7 Å². The van der Waals surface area contributed by atoms with Crippen LogP contribution in [0.3, 0.4) is 0 Å². The molecule has 30 heavy (non-hydrogen) atoms. The van der Waals surface area contributed by atoms with Gasteiger partial charge >= 0.3 is 6.18 Å². The largest absolute Gasteiger partial charge is 0.416 e. The van der Waals surface area contributed by atoms with Crippen LogP contribution in [0.25, 0.3) is 0 Å². The molecule has 3 aromatic carbocycles. The maximum Gasteiger partial charge on any atom is 0.416 e. The molecule has 3 aromatic rings. The molecule has 3 nitrogen and oxygen atoms in total. The molecule has 0 spiro atoms. The summed E-state index contributed by atoms with van der Waals surface area (Å²) in [5, 5.41) is 0. The van der Waals surface area contributed by atoms with Crippen LogP contribution in [-0.4, -0.2) is 18.7 Å². The number of hydrogen-bond acceptors (Lipinski definition) is 2. The molecule has 0 atom stereocenters. The van der Waals surface area contributed by atoms with Gasteiger partial charge in [-0.2, -0.15) is 13.2 Å². The summed E-state index contributed by atoms with van der Waals surface area (Å²) in [6.45, 7) is 1.83. The zero-order chi connectivity index (χ0) is 21.9. The number of Topliss-reactive ketones (excluding diaryl/α,β-unsaturated/α-hetero) is 1. The van der Waals surface area contributed by atoms with E-state index in [2.05, 4.69) is 0 Å². The van der Waals surface area contributed by atoms with Crippen molar-refractivity contribution in [3.63, 3.8) is 0 Å². The van der Waals surface area contributed by atoms with Gasteiger partial charge in [-0.1, -0.05) is 48.5 Å². The molecule has 3 rings (SSSR count). The van der Waals surface area contributed by atoms with Gasteiger partial charge in [0, 0.05) is 24.6 Å². The van der Waals surface area contributed by atoms with Gasteiger partial charge in [0.25, 0.3) is 5.91 Å². The van der Waals surface area contributed by atoms with Crippen molar-refractivity contribution < 1.29 is 22.8 Å². The predicted octanol–water partition coefficient (Wildman–Crippen LogP) is 5.72. The summed E-state index contributed by atoms with van der Waals surface area (Å²) >= 11 is 0. The number of carbonyl (C=O) groups is 2. The maximum absolute atomic E-state index is 13.0. The Balaban J connectivity index is 1.89. The summed E-state index contributed by atoms with van der Waals surface area (Å²) in [5.41, 5.74) is 1.47. The van der Waals surface area contributed by atoms with E-state index >= 15 is 0 Å². The number of nitrogens with zero attached hydrogens (tertiary/aromatic N) is 1. The third-order valence-corrected chi connectivity index (χ3v) is 4.86. The third kappa shape index (κ3) is 4.59. The van der Waals surface area contributed by atoms with Gasteiger partial charge in [0.05, 0.1) is 11.3 Å². The molecule has 1 amide bonds. The van der Waals surface area contributed by atoms with Crippen molar-refractivity contribution in [3.8, 4) is 0 Å². The minimum absolute atomic E-state index is 0.201. The summed E-state index contributed by atoms with van der Waals surface area (Å²) in [6.07, 6.45) is -4.68. The van der Waals surface area contributed by atoms with Gasteiger partial charge in [-0.3, -0.25) is 9.59 Å². The van der Waals surface area contributed by atoms with Gasteiger partial charge < -0.3 is 4.90 Å². The Kier molecular flexibility index (Phi) is 6.06. The van der Waals surface area contributed by atoms with E-state index in [1.807, 2.05) is 19.1 Å². The smallest absolute Gasteiger partial charge is 0.311 e. The molecule has 6 heteroatoms. The van der Waals surface area contributed by atoms with Crippen molar-refractivity contribution in [3.05, 3.63) is 101 Å². The lowest BCUT2D eigenvalue weighted by Crippen LogP contribution is -2.28. The Morgan fingerprint density at radius 3 is 2.17 bits per heavy atom. The molecule has 0 fully saturated rings. The molecule has 0 aliphatic rings. The molecule has 154 valence electrons. The van der Waals surface area contributed by atoms with Crippen LogP contribution in [0.15, 0.2) is 72.8 Å².